The molecule has 1 saturated heterocycles. The fourth-order valence-corrected chi connectivity index (χ4v) is 3.70. The molecule has 31 heavy (non-hydrogen) atoms. The van der Waals surface area contributed by atoms with Crippen molar-refractivity contribution in [2.24, 2.45) is 5.92 Å². The summed E-state index contributed by atoms with van der Waals surface area (Å²) in [4.78, 5) is 11.3. The minimum absolute atomic E-state index is 0.00662. The van der Waals surface area contributed by atoms with E-state index in [1.807, 2.05) is 30.3 Å². The van der Waals surface area contributed by atoms with E-state index in [2.05, 4.69) is 15.4 Å². The molecule has 0 radical (unpaired) electrons. The number of methoxy groups -OCH3 is 1. The molecule has 1 amide bonds. The highest BCUT2D eigenvalue weighted by Gasteiger charge is 2.30. The summed E-state index contributed by atoms with van der Waals surface area (Å²) >= 11 is 0. The third kappa shape index (κ3) is 6.63. The molecule has 0 aliphatic carbocycles. The van der Waals surface area contributed by atoms with Gasteiger partial charge in [0.15, 0.2) is 11.6 Å². The number of hydrogen-bond donors (Lipinski definition) is 2. The molecule has 2 N–H and O–H groups in total. The van der Waals surface area contributed by atoms with Crippen LogP contribution >= 0.6 is 0 Å². The first-order valence-corrected chi connectivity index (χ1v) is 10.4. The van der Waals surface area contributed by atoms with E-state index in [-0.39, 0.29) is 31.4 Å². The van der Waals surface area contributed by atoms with E-state index in [1.165, 1.54) is 13.2 Å². The average molecular weight is 434 g/mol. The normalized spacial score (nSPS) is 17.1. The third-order valence-corrected chi connectivity index (χ3v) is 5.19. The van der Waals surface area contributed by atoms with Gasteiger partial charge in [-0.3, -0.25) is 0 Å². The Hall–Kier alpha value is -2.71. The van der Waals surface area contributed by atoms with Crippen LogP contribution in [0.1, 0.15) is 30.1 Å². The van der Waals surface area contributed by atoms with Gasteiger partial charge in [-0.05, 0) is 31.0 Å². The number of benzene rings is 2. The predicted octanol–water partition coefficient (Wildman–Crippen LogP) is 3.96. The predicted molar refractivity (Wildman–Crippen MR) is 112 cm³/mol. The standard InChI is InChI=1S/C23H28F2N2O4/c1-29-23(28)27-10-11-30-21(17-8-5-9-26-14-17)19-12-18(24)13-20(25)22(19)31-15-16-6-3-2-4-7-16/h2-4,6-7,12-13,17,21,26H,5,8-11,14-15H2,1H3,(H,27,28)/t17-,21?/m1/s1. The number of halogens is 2. The van der Waals surface area contributed by atoms with Gasteiger partial charge in [0.2, 0.25) is 0 Å². The lowest BCUT2D eigenvalue weighted by atomic mass is 9.88. The Morgan fingerprint density at radius 1 is 1.26 bits per heavy atom. The van der Waals surface area contributed by atoms with Crippen LogP contribution in [-0.2, 0) is 16.1 Å². The number of ether oxygens (including phenoxy) is 3. The first-order chi connectivity index (χ1) is 15.1. The molecule has 3 rings (SSSR count). The van der Waals surface area contributed by atoms with Crippen molar-refractivity contribution in [2.45, 2.75) is 25.6 Å². The molecule has 168 valence electrons. The van der Waals surface area contributed by atoms with E-state index >= 15 is 0 Å². The maximum Gasteiger partial charge on any atom is 0.406 e. The van der Waals surface area contributed by atoms with Gasteiger partial charge in [0, 0.05) is 30.6 Å². The lowest BCUT2D eigenvalue weighted by Crippen LogP contribution is -2.35. The van der Waals surface area contributed by atoms with Crippen LogP contribution < -0.4 is 15.4 Å². The zero-order valence-corrected chi connectivity index (χ0v) is 17.5. The number of carbonyl (C=O) groups excluding carboxylic acids is 1. The Morgan fingerprint density at radius 3 is 2.77 bits per heavy atom. The van der Waals surface area contributed by atoms with E-state index in [0.717, 1.165) is 31.0 Å². The Kier molecular flexibility index (Phi) is 8.61. The van der Waals surface area contributed by atoms with Gasteiger partial charge in [-0.15, -0.1) is 0 Å². The van der Waals surface area contributed by atoms with Crippen LogP contribution in [0.25, 0.3) is 0 Å². The summed E-state index contributed by atoms with van der Waals surface area (Å²) in [6, 6.07) is 11.5. The highest BCUT2D eigenvalue weighted by molar-refractivity contribution is 5.66. The first-order valence-electron chi connectivity index (χ1n) is 10.4. The van der Waals surface area contributed by atoms with Gasteiger partial charge in [-0.1, -0.05) is 30.3 Å². The molecular weight excluding hydrogens is 406 g/mol. The minimum Gasteiger partial charge on any atom is -0.485 e. The molecule has 1 aliphatic heterocycles. The number of hydrogen-bond acceptors (Lipinski definition) is 5. The van der Waals surface area contributed by atoms with Gasteiger partial charge in [-0.2, -0.15) is 0 Å². The summed E-state index contributed by atoms with van der Waals surface area (Å²) in [6.45, 7) is 2.07. The smallest absolute Gasteiger partial charge is 0.406 e. The lowest BCUT2D eigenvalue weighted by molar-refractivity contribution is 0.00238. The van der Waals surface area contributed by atoms with Crippen LogP contribution in [-0.4, -0.2) is 39.4 Å². The van der Waals surface area contributed by atoms with Gasteiger partial charge < -0.3 is 24.8 Å². The molecule has 6 nitrogen and oxygen atoms in total. The van der Waals surface area contributed by atoms with Crippen molar-refractivity contribution < 1.29 is 27.8 Å². The van der Waals surface area contributed by atoms with Gasteiger partial charge in [0.1, 0.15) is 12.4 Å². The van der Waals surface area contributed by atoms with Crippen molar-refractivity contribution in [2.75, 3.05) is 33.4 Å². The zero-order chi connectivity index (χ0) is 22.1. The Balaban J connectivity index is 1.82. The van der Waals surface area contributed by atoms with Crippen molar-refractivity contribution in [3.8, 4) is 5.75 Å². The molecule has 2 aromatic carbocycles. The quantitative estimate of drug-likeness (QED) is 0.585. The number of piperidine rings is 1. The van der Waals surface area contributed by atoms with Gasteiger partial charge >= 0.3 is 6.09 Å². The van der Waals surface area contributed by atoms with Crippen LogP contribution in [0.5, 0.6) is 5.75 Å². The van der Waals surface area contributed by atoms with E-state index < -0.39 is 23.8 Å². The summed E-state index contributed by atoms with van der Waals surface area (Å²) in [7, 11) is 1.28. The van der Waals surface area contributed by atoms with E-state index in [0.29, 0.717) is 12.1 Å². The molecule has 0 aromatic heterocycles. The monoisotopic (exact) mass is 434 g/mol. The second-order valence-corrected chi connectivity index (χ2v) is 7.40. The van der Waals surface area contributed by atoms with E-state index in [1.54, 1.807) is 0 Å². The van der Waals surface area contributed by atoms with Crippen molar-refractivity contribution in [3.63, 3.8) is 0 Å². The number of nitrogens with one attached hydrogen (secondary N) is 2. The molecule has 8 heteroatoms. The van der Waals surface area contributed by atoms with Gasteiger partial charge in [0.05, 0.1) is 19.8 Å². The van der Waals surface area contributed by atoms with Crippen molar-refractivity contribution in [1.82, 2.24) is 10.6 Å². The van der Waals surface area contributed by atoms with Crippen LogP contribution in [0, 0.1) is 17.6 Å². The maximum atomic E-state index is 14.8. The number of amides is 1. The van der Waals surface area contributed by atoms with Crippen molar-refractivity contribution >= 4 is 6.09 Å². The van der Waals surface area contributed by atoms with E-state index in [9.17, 15) is 13.6 Å². The number of carbonyl (C=O) groups is 1. The highest BCUT2D eigenvalue weighted by atomic mass is 19.1. The number of rotatable bonds is 9. The zero-order valence-electron chi connectivity index (χ0n) is 17.5. The molecule has 1 aliphatic rings. The van der Waals surface area contributed by atoms with E-state index in [4.69, 9.17) is 9.47 Å². The molecule has 0 spiro atoms. The molecule has 1 unspecified atom stereocenters. The molecule has 2 aromatic rings. The van der Waals surface area contributed by atoms with Gasteiger partial charge in [-0.25, -0.2) is 13.6 Å². The highest BCUT2D eigenvalue weighted by Crippen LogP contribution is 2.38. The molecule has 1 fully saturated rings. The first kappa shape index (κ1) is 23.0. The largest absolute Gasteiger partial charge is 0.485 e. The molecule has 2 atom stereocenters. The second-order valence-electron chi connectivity index (χ2n) is 7.40. The summed E-state index contributed by atoms with van der Waals surface area (Å²) in [6.07, 6.45) is 0.618. The van der Waals surface area contributed by atoms with Gasteiger partial charge in [0.25, 0.3) is 0 Å². The Labute approximate surface area is 180 Å². The number of alkyl carbamates (subject to hydrolysis) is 1. The maximum absolute atomic E-state index is 14.8. The van der Waals surface area contributed by atoms with Crippen molar-refractivity contribution in [3.05, 3.63) is 65.2 Å². The van der Waals surface area contributed by atoms with Crippen molar-refractivity contribution in [1.29, 1.82) is 0 Å². The second kappa shape index (κ2) is 11.6. The lowest BCUT2D eigenvalue weighted by Gasteiger charge is -2.32. The molecule has 0 bridgehead atoms. The van der Waals surface area contributed by atoms with Crippen LogP contribution in [0.2, 0.25) is 0 Å². The van der Waals surface area contributed by atoms with Crippen LogP contribution in [0.15, 0.2) is 42.5 Å². The Morgan fingerprint density at radius 2 is 2.06 bits per heavy atom. The summed E-state index contributed by atoms with van der Waals surface area (Å²) in [5.74, 6) is -1.46. The summed E-state index contributed by atoms with van der Waals surface area (Å²) in [5.41, 5.74) is 1.21. The molecular formula is C23H28F2N2O4. The molecule has 0 saturated carbocycles. The topological polar surface area (TPSA) is 68.8 Å². The molecule has 1 heterocycles. The average Bonchev–Trinajstić information content (AvgIpc) is 2.79. The summed E-state index contributed by atoms with van der Waals surface area (Å²) < 4.78 is 45.4. The van der Waals surface area contributed by atoms with Crippen LogP contribution in [0.4, 0.5) is 13.6 Å². The SMILES string of the molecule is COC(=O)NCCOC(c1cc(F)cc(F)c1OCc1ccccc1)[C@@H]1CCCNC1. The fourth-order valence-electron chi connectivity index (χ4n) is 3.70. The summed E-state index contributed by atoms with van der Waals surface area (Å²) in [5, 5.41) is 5.86. The minimum atomic E-state index is -0.768. The fraction of sp³-hybridized carbons (Fsp3) is 0.435. The Bertz CT molecular complexity index is 845. The third-order valence-electron chi connectivity index (χ3n) is 5.19. The van der Waals surface area contributed by atoms with Crippen LogP contribution in [0.3, 0.4) is 0 Å².